The number of aliphatic hydroxyl groups excluding tert-OH is 2. The highest BCUT2D eigenvalue weighted by Gasteiger charge is 2.39. The molecule has 0 fully saturated rings. The Hall–Kier alpha value is -0.990. The Kier molecular flexibility index (Phi) is 2.25. The molecular weight excluding hydrogens is 274 g/mol. The van der Waals surface area contributed by atoms with Gasteiger partial charge < -0.3 is 10.2 Å². The van der Waals surface area contributed by atoms with Crippen LogP contribution in [0.15, 0.2) is 16.6 Å². The van der Waals surface area contributed by atoms with Crippen molar-refractivity contribution in [3.05, 3.63) is 16.6 Å². The van der Waals surface area contributed by atoms with E-state index in [0.717, 1.165) is 16.4 Å². The number of anilines is 1. The number of nitrogens with zero attached hydrogens (tertiary/aromatic N) is 3. The zero-order valence-electron chi connectivity index (χ0n) is 6.59. The van der Waals surface area contributed by atoms with E-state index in [-0.39, 0.29) is 9.61 Å². The smallest absolute Gasteiger partial charge is 0.298 e. The molecule has 6 nitrogen and oxygen atoms in total. The third-order valence-electron chi connectivity index (χ3n) is 1.67. The maximum Gasteiger partial charge on any atom is 0.298 e. The predicted octanol–water partition coefficient (Wildman–Crippen LogP) is 0.368. The Morgan fingerprint density at radius 1 is 1.64 bits per heavy atom. The minimum absolute atomic E-state index is 0.0395. The molecule has 8 heteroatoms. The first-order valence-electron chi connectivity index (χ1n) is 3.50. The molecule has 74 valence electrons. The first kappa shape index (κ1) is 9.56. The quantitative estimate of drug-likeness (QED) is 0.775. The summed E-state index contributed by atoms with van der Waals surface area (Å²) >= 11 is 3.87. The van der Waals surface area contributed by atoms with Crippen LogP contribution in [-0.2, 0) is 4.79 Å². The molecule has 0 aliphatic carbocycles. The van der Waals surface area contributed by atoms with Crippen LogP contribution in [0.3, 0.4) is 0 Å². The Balaban J connectivity index is 2.39. The Morgan fingerprint density at radius 3 is 2.79 bits per heavy atom. The lowest BCUT2D eigenvalue weighted by Crippen LogP contribution is -2.34. The average Bonchev–Trinajstić information content (AvgIpc) is 2.73. The van der Waals surface area contributed by atoms with Gasteiger partial charge in [0.05, 0.1) is 4.48 Å². The third kappa shape index (κ3) is 1.22. The molecule has 2 N–H and O–H groups in total. The maximum atomic E-state index is 11.4. The van der Waals surface area contributed by atoms with Gasteiger partial charge in [-0.2, -0.15) is 4.37 Å². The van der Waals surface area contributed by atoms with Crippen LogP contribution in [0.4, 0.5) is 5.13 Å². The molecule has 1 aliphatic heterocycles. The molecule has 1 aromatic rings. The third-order valence-corrected chi connectivity index (χ3v) is 3.12. The summed E-state index contributed by atoms with van der Waals surface area (Å²) in [4.78, 5) is 16.1. The highest BCUT2D eigenvalue weighted by molar-refractivity contribution is 9.11. The lowest BCUT2D eigenvalue weighted by molar-refractivity contribution is -0.117. The zero-order chi connectivity index (χ0) is 10.3. The van der Waals surface area contributed by atoms with E-state index in [1.54, 1.807) is 0 Å². The van der Waals surface area contributed by atoms with Gasteiger partial charge >= 0.3 is 0 Å². The van der Waals surface area contributed by atoms with Crippen molar-refractivity contribution in [2.75, 3.05) is 4.90 Å². The van der Waals surface area contributed by atoms with Gasteiger partial charge in [0, 0.05) is 11.5 Å². The van der Waals surface area contributed by atoms with Crippen molar-refractivity contribution in [3.63, 3.8) is 0 Å². The van der Waals surface area contributed by atoms with Gasteiger partial charge in [0.15, 0.2) is 12.0 Å². The Bertz CT molecular complexity index is 404. The minimum atomic E-state index is -1.23. The van der Waals surface area contributed by atoms with E-state index in [0.29, 0.717) is 0 Å². The SMILES string of the molecule is O=C1C(O)=C(Br)C(O)N1c1ncns1. The fourth-order valence-corrected chi connectivity index (χ4v) is 1.96. The molecule has 14 heavy (non-hydrogen) atoms. The van der Waals surface area contributed by atoms with Crippen molar-refractivity contribution in [2.45, 2.75) is 6.23 Å². The maximum absolute atomic E-state index is 11.4. The summed E-state index contributed by atoms with van der Waals surface area (Å²) in [6, 6.07) is 0. The van der Waals surface area contributed by atoms with Crippen LogP contribution in [0, 0.1) is 0 Å². The summed E-state index contributed by atoms with van der Waals surface area (Å²) in [7, 11) is 0. The van der Waals surface area contributed by atoms with Crippen LogP contribution in [0.25, 0.3) is 0 Å². The van der Waals surface area contributed by atoms with Crippen molar-refractivity contribution in [1.82, 2.24) is 9.36 Å². The van der Waals surface area contributed by atoms with Crippen molar-refractivity contribution < 1.29 is 15.0 Å². The molecule has 0 spiro atoms. The van der Waals surface area contributed by atoms with Crippen LogP contribution in [0.5, 0.6) is 0 Å². The molecule has 0 radical (unpaired) electrons. The van der Waals surface area contributed by atoms with E-state index in [9.17, 15) is 15.0 Å². The molecule has 0 saturated heterocycles. The number of aromatic nitrogens is 2. The average molecular weight is 278 g/mol. The fraction of sp³-hybridized carbons (Fsp3) is 0.167. The zero-order valence-corrected chi connectivity index (χ0v) is 8.99. The number of rotatable bonds is 1. The lowest BCUT2D eigenvalue weighted by atomic mass is 10.5. The first-order valence-corrected chi connectivity index (χ1v) is 5.06. The molecule has 0 aromatic carbocycles. The Labute approximate surface area is 90.8 Å². The standard InChI is InChI=1S/C6H4BrN3O3S/c7-2-3(11)5(13)10(4(2)12)6-8-1-9-14-6/h1,4,11-12H. The fourth-order valence-electron chi connectivity index (χ4n) is 1.03. The number of hydrogen-bond donors (Lipinski definition) is 2. The summed E-state index contributed by atoms with van der Waals surface area (Å²) in [5, 5.41) is 19.0. The lowest BCUT2D eigenvalue weighted by Gasteiger charge is -2.16. The van der Waals surface area contributed by atoms with E-state index >= 15 is 0 Å². The molecule has 1 atom stereocenters. The molecule has 1 amide bonds. The largest absolute Gasteiger partial charge is 0.502 e. The van der Waals surface area contributed by atoms with E-state index in [1.807, 2.05) is 0 Å². The second-order valence-corrected chi connectivity index (χ2v) is 4.08. The van der Waals surface area contributed by atoms with Crippen LogP contribution in [0.1, 0.15) is 0 Å². The van der Waals surface area contributed by atoms with Crippen LogP contribution < -0.4 is 4.90 Å². The van der Waals surface area contributed by atoms with E-state index in [4.69, 9.17) is 0 Å². The van der Waals surface area contributed by atoms with E-state index in [2.05, 4.69) is 25.3 Å². The van der Waals surface area contributed by atoms with Gasteiger partial charge in [-0.05, 0) is 15.9 Å². The topological polar surface area (TPSA) is 86.5 Å². The molecule has 0 bridgehead atoms. The van der Waals surface area contributed by atoms with Crippen molar-refractivity contribution >= 4 is 38.5 Å². The molecular formula is C6H4BrN3O3S. The summed E-state index contributed by atoms with van der Waals surface area (Å²) < 4.78 is 3.74. The van der Waals surface area contributed by atoms with Gasteiger partial charge in [0.25, 0.3) is 5.91 Å². The van der Waals surface area contributed by atoms with Gasteiger partial charge in [-0.3, -0.25) is 4.79 Å². The molecule has 1 aliphatic rings. The number of carbonyl (C=O) groups is 1. The van der Waals surface area contributed by atoms with Gasteiger partial charge in [0.1, 0.15) is 6.33 Å². The number of halogens is 1. The van der Waals surface area contributed by atoms with E-state index in [1.165, 1.54) is 6.33 Å². The van der Waals surface area contributed by atoms with Gasteiger partial charge in [0.2, 0.25) is 5.13 Å². The number of hydrogen-bond acceptors (Lipinski definition) is 6. The number of carbonyl (C=O) groups excluding carboxylic acids is 1. The molecule has 2 rings (SSSR count). The van der Waals surface area contributed by atoms with E-state index < -0.39 is 17.9 Å². The van der Waals surface area contributed by atoms with Gasteiger partial charge in [-0.25, -0.2) is 9.88 Å². The monoisotopic (exact) mass is 277 g/mol. The summed E-state index contributed by atoms with van der Waals surface area (Å²) in [6.07, 6.45) is 0.0407. The highest BCUT2D eigenvalue weighted by Crippen LogP contribution is 2.32. The Morgan fingerprint density at radius 2 is 2.36 bits per heavy atom. The summed E-state index contributed by atoms with van der Waals surface area (Å²) in [5.74, 6) is -1.20. The predicted molar refractivity (Wildman–Crippen MR) is 52.0 cm³/mol. The highest BCUT2D eigenvalue weighted by atomic mass is 79.9. The van der Waals surface area contributed by atoms with Crippen molar-refractivity contribution in [3.8, 4) is 0 Å². The molecule has 1 aromatic heterocycles. The van der Waals surface area contributed by atoms with Crippen LogP contribution >= 0.6 is 27.5 Å². The summed E-state index contributed by atoms with van der Waals surface area (Å²) in [5.41, 5.74) is 0. The van der Waals surface area contributed by atoms with Gasteiger partial charge in [-0.15, -0.1) is 0 Å². The summed E-state index contributed by atoms with van der Waals surface area (Å²) in [6.45, 7) is 0. The van der Waals surface area contributed by atoms with Gasteiger partial charge in [-0.1, -0.05) is 0 Å². The number of amides is 1. The van der Waals surface area contributed by atoms with Crippen LogP contribution in [0.2, 0.25) is 0 Å². The molecule has 1 unspecified atom stereocenters. The van der Waals surface area contributed by atoms with Crippen LogP contribution in [-0.4, -0.2) is 31.7 Å². The second kappa shape index (κ2) is 3.30. The van der Waals surface area contributed by atoms with Crippen molar-refractivity contribution in [1.29, 1.82) is 0 Å². The second-order valence-electron chi connectivity index (χ2n) is 2.47. The molecule has 0 saturated carbocycles. The first-order chi connectivity index (χ1) is 6.63. The van der Waals surface area contributed by atoms with Crippen molar-refractivity contribution in [2.24, 2.45) is 0 Å². The normalized spacial score (nSPS) is 22.3. The molecule has 2 heterocycles. The minimum Gasteiger partial charge on any atom is -0.502 e. The number of aliphatic hydroxyl groups is 2.